The number of rotatable bonds is 3. The molecule has 0 aromatic heterocycles. The molecule has 0 amide bonds. The zero-order valence-electron chi connectivity index (χ0n) is 6.63. The summed E-state index contributed by atoms with van der Waals surface area (Å²) in [5, 5.41) is 11.6. The Bertz CT molecular complexity index is 159. The highest BCUT2D eigenvalue weighted by Gasteiger charge is 1.99. The molecule has 0 atom stereocenters. The lowest BCUT2D eigenvalue weighted by atomic mass is 10.4. The molecule has 0 spiro atoms. The van der Waals surface area contributed by atoms with Crippen LogP contribution in [0, 0.1) is 0 Å². The highest BCUT2D eigenvalue weighted by molar-refractivity contribution is 7.80. The zero-order chi connectivity index (χ0) is 8.85. The minimum absolute atomic E-state index is 0.0913. The number of hydrogen-bond acceptors (Lipinski definition) is 2. The molecule has 0 aliphatic heterocycles. The monoisotopic (exact) mass is 176 g/mol. The van der Waals surface area contributed by atoms with E-state index in [9.17, 15) is 4.79 Å². The second kappa shape index (κ2) is 4.90. The van der Waals surface area contributed by atoms with Crippen LogP contribution in [0.15, 0.2) is 0 Å². The van der Waals surface area contributed by atoms with Crippen molar-refractivity contribution in [1.82, 2.24) is 10.2 Å². The van der Waals surface area contributed by atoms with Crippen LogP contribution >= 0.6 is 12.2 Å². The summed E-state index contributed by atoms with van der Waals surface area (Å²) in [6.45, 7) is 0.381. The summed E-state index contributed by atoms with van der Waals surface area (Å²) in [6.07, 6.45) is 0.0913. The first-order valence-corrected chi connectivity index (χ1v) is 3.62. The van der Waals surface area contributed by atoms with Gasteiger partial charge in [-0.05, 0) is 12.2 Å². The molecule has 0 aliphatic rings. The normalized spacial score (nSPS) is 8.91. The van der Waals surface area contributed by atoms with E-state index in [1.54, 1.807) is 19.0 Å². The molecule has 0 rings (SSSR count). The maximum Gasteiger partial charge on any atom is 0.305 e. The molecule has 0 saturated heterocycles. The third kappa shape index (κ3) is 5.60. The van der Waals surface area contributed by atoms with Gasteiger partial charge in [0.2, 0.25) is 0 Å². The Morgan fingerprint density at radius 2 is 2.18 bits per heavy atom. The number of carboxylic acids is 1. The third-order valence-electron chi connectivity index (χ3n) is 1.02. The Kier molecular flexibility index (Phi) is 4.52. The van der Waals surface area contributed by atoms with Crippen molar-refractivity contribution in [3.05, 3.63) is 0 Å². The van der Waals surface area contributed by atoms with Crippen LogP contribution in [0.2, 0.25) is 0 Å². The van der Waals surface area contributed by atoms with E-state index < -0.39 is 5.97 Å². The van der Waals surface area contributed by atoms with E-state index in [1.807, 2.05) is 0 Å². The van der Waals surface area contributed by atoms with Crippen LogP contribution in [0.1, 0.15) is 6.42 Å². The first kappa shape index (κ1) is 10.2. The maximum atomic E-state index is 10.1. The molecular weight excluding hydrogens is 164 g/mol. The van der Waals surface area contributed by atoms with Crippen molar-refractivity contribution in [3.8, 4) is 0 Å². The Morgan fingerprint density at radius 3 is 2.55 bits per heavy atom. The van der Waals surface area contributed by atoms with Crippen LogP contribution in [-0.4, -0.2) is 41.7 Å². The van der Waals surface area contributed by atoms with Gasteiger partial charge in [-0.25, -0.2) is 0 Å². The molecule has 11 heavy (non-hydrogen) atoms. The number of thiocarbonyl (C=S) groups is 1. The lowest BCUT2D eigenvalue weighted by Crippen LogP contribution is -2.35. The quantitative estimate of drug-likeness (QED) is 0.588. The Morgan fingerprint density at radius 1 is 1.64 bits per heavy atom. The molecular formula is C6H12N2O2S. The number of nitrogens with zero attached hydrogens (tertiary/aromatic N) is 1. The molecule has 0 fully saturated rings. The highest BCUT2D eigenvalue weighted by atomic mass is 32.1. The summed E-state index contributed by atoms with van der Waals surface area (Å²) < 4.78 is 0. The van der Waals surface area contributed by atoms with Crippen LogP contribution in [0.5, 0.6) is 0 Å². The molecule has 5 heteroatoms. The fourth-order valence-corrected chi connectivity index (χ4v) is 0.537. The summed E-state index contributed by atoms with van der Waals surface area (Å²) in [7, 11) is 3.60. The van der Waals surface area contributed by atoms with Crippen LogP contribution in [0.25, 0.3) is 0 Å². The van der Waals surface area contributed by atoms with Gasteiger partial charge < -0.3 is 15.3 Å². The highest BCUT2D eigenvalue weighted by Crippen LogP contribution is 1.80. The fraction of sp³-hybridized carbons (Fsp3) is 0.667. The van der Waals surface area contributed by atoms with Crippen molar-refractivity contribution in [2.24, 2.45) is 0 Å². The molecule has 0 unspecified atom stereocenters. The van der Waals surface area contributed by atoms with Gasteiger partial charge in [0.05, 0.1) is 6.42 Å². The van der Waals surface area contributed by atoms with Gasteiger partial charge in [-0.1, -0.05) is 0 Å². The van der Waals surface area contributed by atoms with Crippen molar-refractivity contribution in [2.75, 3.05) is 20.6 Å². The van der Waals surface area contributed by atoms with E-state index in [1.165, 1.54) is 0 Å². The number of aliphatic carboxylic acids is 1. The van der Waals surface area contributed by atoms with Gasteiger partial charge in [-0.2, -0.15) is 0 Å². The lowest BCUT2D eigenvalue weighted by Gasteiger charge is -2.14. The van der Waals surface area contributed by atoms with E-state index in [0.29, 0.717) is 11.7 Å². The minimum atomic E-state index is -0.820. The summed E-state index contributed by atoms with van der Waals surface area (Å²) in [5.41, 5.74) is 0. The van der Waals surface area contributed by atoms with Crippen molar-refractivity contribution in [2.45, 2.75) is 6.42 Å². The first-order valence-electron chi connectivity index (χ1n) is 3.21. The molecule has 0 aromatic carbocycles. The SMILES string of the molecule is CN(C)C(=S)NCCC(=O)O. The Labute approximate surface area is 71.2 Å². The summed E-state index contributed by atoms with van der Waals surface area (Å²) in [5.74, 6) is -0.820. The average Bonchev–Trinajstić information content (AvgIpc) is 1.86. The standard InChI is InChI=1S/C6H12N2O2S/c1-8(2)6(11)7-4-3-5(9)10/h3-4H2,1-2H3,(H,7,11)(H,9,10). The smallest absolute Gasteiger partial charge is 0.305 e. The van der Waals surface area contributed by atoms with Gasteiger partial charge in [-0.15, -0.1) is 0 Å². The van der Waals surface area contributed by atoms with E-state index >= 15 is 0 Å². The van der Waals surface area contributed by atoms with Gasteiger partial charge in [0.1, 0.15) is 0 Å². The molecule has 4 nitrogen and oxygen atoms in total. The van der Waals surface area contributed by atoms with Crippen molar-refractivity contribution < 1.29 is 9.90 Å². The van der Waals surface area contributed by atoms with Crippen molar-refractivity contribution >= 4 is 23.3 Å². The van der Waals surface area contributed by atoms with Crippen LogP contribution in [0.4, 0.5) is 0 Å². The van der Waals surface area contributed by atoms with E-state index in [2.05, 4.69) is 5.32 Å². The maximum absolute atomic E-state index is 10.1. The molecule has 0 saturated carbocycles. The van der Waals surface area contributed by atoms with Gasteiger partial charge in [0, 0.05) is 20.6 Å². The van der Waals surface area contributed by atoms with Gasteiger partial charge >= 0.3 is 5.97 Å². The lowest BCUT2D eigenvalue weighted by molar-refractivity contribution is -0.136. The summed E-state index contributed by atoms with van der Waals surface area (Å²) in [6, 6.07) is 0. The predicted molar refractivity (Wildman–Crippen MR) is 46.5 cm³/mol. The Balaban J connectivity index is 3.39. The van der Waals surface area contributed by atoms with Gasteiger partial charge in [-0.3, -0.25) is 4.79 Å². The van der Waals surface area contributed by atoms with E-state index in [4.69, 9.17) is 17.3 Å². The van der Waals surface area contributed by atoms with Gasteiger partial charge in [0.15, 0.2) is 5.11 Å². The zero-order valence-corrected chi connectivity index (χ0v) is 7.44. The van der Waals surface area contributed by atoms with E-state index in [-0.39, 0.29) is 6.42 Å². The third-order valence-corrected chi connectivity index (χ3v) is 1.53. The van der Waals surface area contributed by atoms with Crippen LogP contribution < -0.4 is 5.32 Å². The second-order valence-electron chi connectivity index (χ2n) is 2.27. The second-order valence-corrected chi connectivity index (χ2v) is 2.66. The number of hydrogen-bond donors (Lipinski definition) is 2. The summed E-state index contributed by atoms with van der Waals surface area (Å²) >= 11 is 4.85. The van der Waals surface area contributed by atoms with Crippen molar-refractivity contribution in [1.29, 1.82) is 0 Å². The van der Waals surface area contributed by atoms with E-state index in [0.717, 1.165) is 0 Å². The molecule has 2 N–H and O–H groups in total. The molecule has 0 heterocycles. The Hall–Kier alpha value is -0.840. The fourth-order valence-electron chi connectivity index (χ4n) is 0.434. The number of carbonyl (C=O) groups is 1. The molecule has 0 radical (unpaired) electrons. The topological polar surface area (TPSA) is 52.6 Å². The molecule has 64 valence electrons. The average molecular weight is 176 g/mol. The largest absolute Gasteiger partial charge is 0.481 e. The molecule has 0 bridgehead atoms. The number of carboxylic acid groups (broad SMARTS) is 1. The van der Waals surface area contributed by atoms with Crippen LogP contribution in [0.3, 0.4) is 0 Å². The predicted octanol–water partition coefficient (Wildman–Crippen LogP) is -0.103. The van der Waals surface area contributed by atoms with Crippen molar-refractivity contribution in [3.63, 3.8) is 0 Å². The minimum Gasteiger partial charge on any atom is -0.481 e. The first-order chi connectivity index (χ1) is 5.04. The van der Waals surface area contributed by atoms with Crippen LogP contribution in [-0.2, 0) is 4.79 Å². The summed E-state index contributed by atoms with van der Waals surface area (Å²) in [4.78, 5) is 11.8. The molecule has 0 aromatic rings. The number of nitrogens with one attached hydrogen (secondary N) is 1. The van der Waals surface area contributed by atoms with Gasteiger partial charge in [0.25, 0.3) is 0 Å². The molecule has 0 aliphatic carbocycles.